The summed E-state index contributed by atoms with van der Waals surface area (Å²) in [6.45, 7) is 5.21. The summed E-state index contributed by atoms with van der Waals surface area (Å²) in [7, 11) is 0. The van der Waals surface area contributed by atoms with Crippen LogP contribution in [-0.2, 0) is 9.53 Å². The summed E-state index contributed by atoms with van der Waals surface area (Å²) in [5, 5.41) is 9.43. The van der Waals surface area contributed by atoms with Gasteiger partial charge in [-0.1, -0.05) is 35.6 Å². The Morgan fingerprint density at radius 1 is 1.15 bits per heavy atom. The van der Waals surface area contributed by atoms with Crippen LogP contribution >= 0.6 is 11.3 Å². The quantitative estimate of drug-likeness (QED) is 0.363. The van der Waals surface area contributed by atoms with Crippen LogP contribution in [0.3, 0.4) is 0 Å². The van der Waals surface area contributed by atoms with Gasteiger partial charge < -0.3 is 14.3 Å². The van der Waals surface area contributed by atoms with E-state index in [1.807, 2.05) is 0 Å². The molecule has 0 radical (unpaired) electrons. The number of carboxylic acid groups (broad SMARTS) is 1. The third-order valence-corrected chi connectivity index (χ3v) is 7.42. The first-order valence-corrected chi connectivity index (χ1v) is 12.9. The van der Waals surface area contributed by atoms with Gasteiger partial charge in [0, 0.05) is 11.6 Å². The van der Waals surface area contributed by atoms with E-state index in [0.29, 0.717) is 43.2 Å². The highest BCUT2D eigenvalue weighted by atomic mass is 32.1. The topological polar surface area (TPSA) is 111 Å². The smallest absolute Gasteiger partial charge is 0.338 e. The number of benzene rings is 2. The summed E-state index contributed by atoms with van der Waals surface area (Å²) in [5.41, 5.74) is 2.11. The molecule has 5 rings (SSSR count). The number of carboxylic acids is 1. The maximum atomic E-state index is 13.7. The minimum Gasteiger partial charge on any atom is -0.478 e. The molecule has 1 unspecified atom stereocenters. The van der Waals surface area contributed by atoms with Crippen molar-refractivity contribution < 1.29 is 28.2 Å². The molecule has 0 saturated carbocycles. The number of furan rings is 1. The van der Waals surface area contributed by atoms with E-state index in [9.17, 15) is 23.9 Å². The van der Waals surface area contributed by atoms with E-state index < -0.39 is 29.4 Å². The van der Waals surface area contributed by atoms with Crippen molar-refractivity contribution in [2.24, 2.45) is 4.99 Å². The van der Waals surface area contributed by atoms with Crippen molar-refractivity contribution in [1.82, 2.24) is 4.57 Å². The van der Waals surface area contributed by atoms with E-state index in [4.69, 9.17) is 9.15 Å². The van der Waals surface area contributed by atoms with Crippen LogP contribution in [0.4, 0.5) is 4.39 Å². The molecule has 39 heavy (non-hydrogen) atoms. The van der Waals surface area contributed by atoms with E-state index in [2.05, 4.69) is 4.99 Å². The maximum Gasteiger partial charge on any atom is 0.338 e. The predicted molar refractivity (Wildman–Crippen MR) is 143 cm³/mol. The van der Waals surface area contributed by atoms with Gasteiger partial charge in [0.25, 0.3) is 5.56 Å². The molecule has 0 amide bonds. The molecule has 198 valence electrons. The number of hydrogen-bond acceptors (Lipinski definition) is 7. The van der Waals surface area contributed by atoms with Gasteiger partial charge in [0.15, 0.2) is 4.80 Å². The second kappa shape index (κ2) is 10.3. The number of hydrogen-bond donors (Lipinski definition) is 1. The molecular weight excluding hydrogens is 523 g/mol. The van der Waals surface area contributed by atoms with Gasteiger partial charge in [0.05, 0.1) is 34.0 Å². The number of thiazole rings is 1. The molecule has 3 heterocycles. The van der Waals surface area contributed by atoms with Crippen LogP contribution < -0.4 is 14.9 Å². The number of halogens is 1. The molecule has 1 aliphatic heterocycles. The molecule has 1 atom stereocenters. The normalized spacial score (nSPS) is 15.2. The van der Waals surface area contributed by atoms with Crippen LogP contribution in [-0.4, -0.2) is 28.2 Å². The van der Waals surface area contributed by atoms with Gasteiger partial charge in [-0.15, -0.1) is 0 Å². The number of esters is 1. The van der Waals surface area contributed by atoms with E-state index in [1.165, 1.54) is 34.9 Å². The highest BCUT2D eigenvalue weighted by molar-refractivity contribution is 7.07. The van der Waals surface area contributed by atoms with E-state index >= 15 is 0 Å². The number of rotatable bonds is 6. The fraction of sp³-hybridized carbons (Fsp3) is 0.172. The Morgan fingerprint density at radius 3 is 2.59 bits per heavy atom. The molecule has 0 bridgehead atoms. The SMILES string of the molecule is CCOC(=O)C1=C(C)N=c2s/c(=C\c3ccc(-c4cccc(C(=O)O)c4C)o3)c(=O)n2C1c1ccc(F)cc1. The Labute approximate surface area is 225 Å². The molecule has 4 aromatic rings. The standard InChI is InChI=1S/C29H23FN2O6S/c1-4-37-28(36)24-16(3)31-29-32(25(24)17-8-10-18(30)11-9-17)26(33)23(39-29)14-19-12-13-22(38-19)20-6-5-7-21(15(20)2)27(34)35/h5-14,25H,4H2,1-3H3,(H,34,35)/b23-14-. The number of fused-ring (bicyclic) bond motifs is 1. The second-order valence-electron chi connectivity index (χ2n) is 8.84. The molecule has 8 nitrogen and oxygen atoms in total. The van der Waals surface area contributed by atoms with Gasteiger partial charge in [-0.3, -0.25) is 9.36 Å². The number of nitrogens with zero attached hydrogens (tertiary/aromatic N) is 2. The Hall–Kier alpha value is -4.57. The van der Waals surface area contributed by atoms with Crippen molar-refractivity contribution in [1.29, 1.82) is 0 Å². The van der Waals surface area contributed by atoms with Crippen LogP contribution in [0.5, 0.6) is 0 Å². The lowest BCUT2D eigenvalue weighted by Crippen LogP contribution is -2.39. The molecule has 0 fully saturated rings. The third kappa shape index (κ3) is 4.74. The monoisotopic (exact) mass is 546 g/mol. The lowest BCUT2D eigenvalue weighted by atomic mass is 9.96. The first-order valence-electron chi connectivity index (χ1n) is 12.1. The average Bonchev–Trinajstić information content (AvgIpc) is 3.48. The molecule has 1 aliphatic rings. The van der Waals surface area contributed by atoms with Crippen LogP contribution in [0, 0.1) is 12.7 Å². The molecule has 1 N–H and O–H groups in total. The van der Waals surface area contributed by atoms with Crippen LogP contribution in [0.25, 0.3) is 17.4 Å². The van der Waals surface area contributed by atoms with Crippen molar-refractivity contribution in [2.45, 2.75) is 26.8 Å². The Balaban J connectivity index is 1.63. The molecule has 0 saturated heterocycles. The number of ether oxygens (including phenoxy) is 1. The van der Waals surface area contributed by atoms with Gasteiger partial charge in [0.1, 0.15) is 17.3 Å². The van der Waals surface area contributed by atoms with Gasteiger partial charge in [-0.25, -0.2) is 19.0 Å². The van der Waals surface area contributed by atoms with Crippen molar-refractivity contribution >= 4 is 29.4 Å². The van der Waals surface area contributed by atoms with Gasteiger partial charge in [0.2, 0.25) is 0 Å². The van der Waals surface area contributed by atoms with E-state index in [1.54, 1.807) is 51.1 Å². The Bertz CT molecular complexity index is 1830. The zero-order valence-corrected chi connectivity index (χ0v) is 22.0. The summed E-state index contributed by atoms with van der Waals surface area (Å²) in [6.07, 6.45) is 1.58. The Morgan fingerprint density at radius 2 is 1.90 bits per heavy atom. The van der Waals surface area contributed by atoms with Crippen molar-refractivity contribution in [3.63, 3.8) is 0 Å². The van der Waals surface area contributed by atoms with Gasteiger partial charge >= 0.3 is 11.9 Å². The minimum atomic E-state index is -1.03. The highest BCUT2D eigenvalue weighted by Crippen LogP contribution is 2.31. The lowest BCUT2D eigenvalue weighted by molar-refractivity contribution is -0.139. The zero-order chi connectivity index (χ0) is 27.8. The summed E-state index contributed by atoms with van der Waals surface area (Å²) in [6, 6.07) is 13.1. The fourth-order valence-corrected chi connectivity index (χ4v) is 5.62. The second-order valence-corrected chi connectivity index (χ2v) is 9.85. The van der Waals surface area contributed by atoms with Gasteiger partial charge in [-0.05, 0) is 62.2 Å². The highest BCUT2D eigenvalue weighted by Gasteiger charge is 2.33. The van der Waals surface area contributed by atoms with Crippen LogP contribution in [0.2, 0.25) is 0 Å². The molecule has 2 aromatic carbocycles. The minimum absolute atomic E-state index is 0.145. The average molecular weight is 547 g/mol. The molecule has 2 aromatic heterocycles. The first kappa shape index (κ1) is 26.1. The third-order valence-electron chi connectivity index (χ3n) is 6.43. The van der Waals surface area contributed by atoms with Crippen LogP contribution in [0.1, 0.15) is 47.1 Å². The molecule has 10 heteroatoms. The molecule has 0 aliphatic carbocycles. The largest absolute Gasteiger partial charge is 0.478 e. The molecular formula is C29H23FN2O6S. The summed E-state index contributed by atoms with van der Waals surface area (Å²) >= 11 is 1.13. The lowest BCUT2D eigenvalue weighted by Gasteiger charge is -2.24. The first-order chi connectivity index (χ1) is 18.7. The van der Waals surface area contributed by atoms with Crippen molar-refractivity contribution in [3.05, 3.63) is 114 Å². The van der Waals surface area contributed by atoms with Crippen molar-refractivity contribution in [3.8, 4) is 11.3 Å². The predicted octanol–water partition coefficient (Wildman–Crippen LogP) is 4.20. The fourth-order valence-electron chi connectivity index (χ4n) is 4.59. The van der Waals surface area contributed by atoms with E-state index in [-0.39, 0.29) is 17.7 Å². The van der Waals surface area contributed by atoms with Crippen molar-refractivity contribution in [2.75, 3.05) is 6.61 Å². The summed E-state index contributed by atoms with van der Waals surface area (Å²) in [5.74, 6) is -1.23. The van der Waals surface area contributed by atoms with Crippen LogP contribution in [0.15, 0.2) is 80.1 Å². The number of aromatic carboxylic acids is 1. The summed E-state index contributed by atoms with van der Waals surface area (Å²) < 4.78 is 26.7. The number of aromatic nitrogens is 1. The molecule has 0 spiro atoms. The zero-order valence-electron chi connectivity index (χ0n) is 21.2. The maximum absolute atomic E-state index is 13.7. The summed E-state index contributed by atoms with van der Waals surface area (Å²) in [4.78, 5) is 43.0. The number of allylic oxidation sites excluding steroid dienone is 1. The van der Waals surface area contributed by atoms with Gasteiger partial charge in [-0.2, -0.15) is 0 Å². The van der Waals surface area contributed by atoms with E-state index in [0.717, 1.165) is 11.3 Å². The number of carbonyl (C=O) groups excluding carboxylic acids is 1. The Kier molecular flexibility index (Phi) is 6.88. The number of carbonyl (C=O) groups is 2.